The zero-order valence-corrected chi connectivity index (χ0v) is 12.0. The Balaban J connectivity index is 2.18. The van der Waals surface area contributed by atoms with Crippen LogP contribution >= 0.6 is 0 Å². The molecule has 0 unspecified atom stereocenters. The Kier molecular flexibility index (Phi) is 6.84. The average molecular weight is 266 g/mol. The largest absolute Gasteiger partial charge is 0.396 e. The van der Waals surface area contributed by atoms with Gasteiger partial charge in [0.2, 0.25) is 0 Å². The Morgan fingerprint density at radius 1 is 1.16 bits per heavy atom. The lowest BCUT2D eigenvalue weighted by Gasteiger charge is -2.25. The first-order valence-electron chi connectivity index (χ1n) is 6.80. The second kappa shape index (κ2) is 8.15. The maximum absolute atomic E-state index is 9.17. The molecular weight excluding hydrogens is 240 g/mol. The van der Waals surface area contributed by atoms with Crippen molar-refractivity contribution in [1.29, 1.82) is 0 Å². The number of nitrogens with one attached hydrogen (secondary N) is 1. The number of aliphatic hydroxyl groups is 2. The molecule has 3 N–H and O–H groups in total. The Morgan fingerprint density at radius 3 is 2.37 bits per heavy atom. The summed E-state index contributed by atoms with van der Waals surface area (Å²) in [7, 11) is 2.08. The molecule has 0 heterocycles. The summed E-state index contributed by atoms with van der Waals surface area (Å²) in [4.78, 5) is 2.22. The van der Waals surface area contributed by atoms with Crippen LogP contribution in [-0.4, -0.2) is 50.1 Å². The van der Waals surface area contributed by atoms with E-state index in [2.05, 4.69) is 29.4 Å². The van der Waals surface area contributed by atoms with E-state index in [0.717, 1.165) is 19.5 Å². The van der Waals surface area contributed by atoms with E-state index in [4.69, 9.17) is 0 Å². The molecule has 0 saturated carbocycles. The van der Waals surface area contributed by atoms with Crippen LogP contribution in [0.4, 0.5) is 5.69 Å². The second-order valence-electron chi connectivity index (χ2n) is 5.41. The number of para-hydroxylation sites is 1. The van der Waals surface area contributed by atoms with E-state index < -0.39 is 5.41 Å². The quantitative estimate of drug-likeness (QED) is 0.586. The van der Waals surface area contributed by atoms with Crippen LogP contribution in [-0.2, 0) is 0 Å². The highest BCUT2D eigenvalue weighted by molar-refractivity contribution is 5.44. The van der Waals surface area contributed by atoms with E-state index in [1.165, 1.54) is 5.69 Å². The van der Waals surface area contributed by atoms with Gasteiger partial charge in [-0.3, -0.25) is 0 Å². The molecule has 108 valence electrons. The van der Waals surface area contributed by atoms with Gasteiger partial charge in [0.25, 0.3) is 0 Å². The molecule has 0 atom stereocenters. The lowest BCUT2D eigenvalue weighted by Crippen LogP contribution is -2.38. The number of benzene rings is 1. The number of anilines is 1. The van der Waals surface area contributed by atoms with Crippen molar-refractivity contribution >= 4 is 5.69 Å². The second-order valence-corrected chi connectivity index (χ2v) is 5.41. The van der Waals surface area contributed by atoms with Crippen LogP contribution in [0.3, 0.4) is 0 Å². The van der Waals surface area contributed by atoms with Crippen LogP contribution in [0.15, 0.2) is 30.3 Å². The van der Waals surface area contributed by atoms with Gasteiger partial charge in [0, 0.05) is 31.2 Å². The molecule has 0 spiro atoms. The summed E-state index contributed by atoms with van der Waals surface area (Å²) < 4.78 is 0. The van der Waals surface area contributed by atoms with Crippen LogP contribution in [0, 0.1) is 5.41 Å². The molecule has 4 heteroatoms. The van der Waals surface area contributed by atoms with Crippen molar-refractivity contribution in [2.45, 2.75) is 13.3 Å². The molecule has 1 aromatic carbocycles. The minimum Gasteiger partial charge on any atom is -0.396 e. The van der Waals surface area contributed by atoms with Gasteiger partial charge in [-0.25, -0.2) is 0 Å². The summed E-state index contributed by atoms with van der Waals surface area (Å²) in [5.74, 6) is 0. The predicted octanol–water partition coefficient (Wildman–Crippen LogP) is 1.09. The Morgan fingerprint density at radius 2 is 1.79 bits per heavy atom. The third-order valence-corrected chi connectivity index (χ3v) is 3.36. The van der Waals surface area contributed by atoms with Gasteiger partial charge in [-0.15, -0.1) is 0 Å². The van der Waals surface area contributed by atoms with Crippen LogP contribution in [0.2, 0.25) is 0 Å². The molecule has 0 radical (unpaired) electrons. The molecule has 0 aliphatic carbocycles. The minimum absolute atomic E-state index is 0.000415. The van der Waals surface area contributed by atoms with E-state index in [-0.39, 0.29) is 13.2 Å². The van der Waals surface area contributed by atoms with E-state index in [1.54, 1.807) is 0 Å². The molecule has 1 rings (SSSR count). The number of rotatable bonds is 9. The first-order chi connectivity index (χ1) is 9.11. The summed E-state index contributed by atoms with van der Waals surface area (Å²) >= 11 is 0. The highest BCUT2D eigenvalue weighted by Crippen LogP contribution is 2.12. The Bertz CT molecular complexity index is 339. The molecule has 0 aromatic heterocycles. The predicted molar refractivity (Wildman–Crippen MR) is 79.5 cm³/mol. The number of aliphatic hydroxyl groups excluding tert-OH is 2. The maximum atomic E-state index is 9.17. The van der Waals surface area contributed by atoms with Crippen molar-refractivity contribution in [1.82, 2.24) is 5.32 Å². The first kappa shape index (κ1) is 16.0. The van der Waals surface area contributed by atoms with Crippen molar-refractivity contribution in [3.8, 4) is 0 Å². The van der Waals surface area contributed by atoms with E-state index in [1.807, 2.05) is 25.1 Å². The zero-order valence-electron chi connectivity index (χ0n) is 12.0. The molecule has 0 saturated heterocycles. The normalized spacial score (nSPS) is 11.6. The standard InChI is InChI=1S/C15H26N2O2/c1-15(12-18,13-19)11-16-9-6-10-17(2)14-7-4-3-5-8-14/h3-5,7-8,16,18-19H,6,9-13H2,1-2H3. The lowest BCUT2D eigenvalue weighted by molar-refractivity contribution is 0.0699. The topological polar surface area (TPSA) is 55.7 Å². The summed E-state index contributed by atoms with van der Waals surface area (Å²) in [5.41, 5.74) is 0.795. The third-order valence-electron chi connectivity index (χ3n) is 3.36. The summed E-state index contributed by atoms with van der Waals surface area (Å²) in [6.45, 7) is 4.37. The monoisotopic (exact) mass is 266 g/mol. The van der Waals surface area contributed by atoms with Gasteiger partial charge in [-0.1, -0.05) is 25.1 Å². The first-order valence-corrected chi connectivity index (χ1v) is 6.80. The molecular formula is C15H26N2O2. The van der Waals surface area contributed by atoms with E-state index in [0.29, 0.717) is 6.54 Å². The fourth-order valence-electron chi connectivity index (χ4n) is 1.80. The molecule has 4 nitrogen and oxygen atoms in total. The number of hydrogen-bond donors (Lipinski definition) is 3. The van der Waals surface area contributed by atoms with Crippen LogP contribution < -0.4 is 10.2 Å². The van der Waals surface area contributed by atoms with Gasteiger partial charge in [-0.05, 0) is 25.1 Å². The van der Waals surface area contributed by atoms with Crippen molar-refractivity contribution in [2.24, 2.45) is 5.41 Å². The highest BCUT2D eigenvalue weighted by Gasteiger charge is 2.21. The minimum atomic E-state index is -0.425. The van der Waals surface area contributed by atoms with E-state index in [9.17, 15) is 10.2 Å². The number of nitrogens with zero attached hydrogens (tertiary/aromatic N) is 1. The molecule has 0 aliphatic heterocycles. The third kappa shape index (κ3) is 5.59. The van der Waals surface area contributed by atoms with Gasteiger partial charge >= 0.3 is 0 Å². The fourth-order valence-corrected chi connectivity index (χ4v) is 1.80. The Hall–Kier alpha value is -1.10. The summed E-state index contributed by atoms with van der Waals surface area (Å²) in [6, 6.07) is 10.3. The van der Waals surface area contributed by atoms with Crippen molar-refractivity contribution in [3.05, 3.63) is 30.3 Å². The van der Waals surface area contributed by atoms with Gasteiger partial charge < -0.3 is 20.4 Å². The highest BCUT2D eigenvalue weighted by atomic mass is 16.3. The van der Waals surface area contributed by atoms with Gasteiger partial charge in [0.1, 0.15) is 0 Å². The molecule has 1 aromatic rings. The van der Waals surface area contributed by atoms with Crippen molar-refractivity contribution < 1.29 is 10.2 Å². The summed E-state index contributed by atoms with van der Waals surface area (Å²) in [5, 5.41) is 21.6. The zero-order chi connectivity index (χ0) is 14.1. The molecule has 0 aliphatic rings. The fraction of sp³-hybridized carbons (Fsp3) is 0.600. The SMILES string of the molecule is CN(CCCNCC(C)(CO)CO)c1ccccc1. The Labute approximate surface area is 116 Å². The van der Waals surface area contributed by atoms with Crippen LogP contribution in [0.5, 0.6) is 0 Å². The van der Waals surface area contributed by atoms with Gasteiger partial charge in [0.15, 0.2) is 0 Å². The molecule has 0 amide bonds. The van der Waals surface area contributed by atoms with Crippen LogP contribution in [0.25, 0.3) is 0 Å². The molecule has 0 bridgehead atoms. The van der Waals surface area contributed by atoms with Crippen molar-refractivity contribution in [2.75, 3.05) is 44.8 Å². The van der Waals surface area contributed by atoms with Crippen LogP contribution in [0.1, 0.15) is 13.3 Å². The van der Waals surface area contributed by atoms with E-state index >= 15 is 0 Å². The smallest absolute Gasteiger partial charge is 0.0518 e. The van der Waals surface area contributed by atoms with Crippen molar-refractivity contribution in [3.63, 3.8) is 0 Å². The number of hydrogen-bond acceptors (Lipinski definition) is 4. The maximum Gasteiger partial charge on any atom is 0.0518 e. The molecule has 0 fully saturated rings. The van der Waals surface area contributed by atoms with Gasteiger partial charge in [0.05, 0.1) is 13.2 Å². The average Bonchev–Trinajstić information content (AvgIpc) is 2.47. The lowest BCUT2D eigenvalue weighted by atomic mass is 9.93. The summed E-state index contributed by atoms with van der Waals surface area (Å²) in [6.07, 6.45) is 1.03. The van der Waals surface area contributed by atoms with Gasteiger partial charge in [-0.2, -0.15) is 0 Å². The molecule has 19 heavy (non-hydrogen) atoms.